The Labute approximate surface area is 109 Å². The second-order valence-corrected chi connectivity index (χ2v) is 5.03. The van der Waals surface area contributed by atoms with Crippen molar-refractivity contribution in [1.29, 1.82) is 0 Å². The number of hydrogen-bond donors (Lipinski definition) is 1. The third kappa shape index (κ3) is 1.90. The van der Waals surface area contributed by atoms with E-state index in [1.165, 1.54) is 30.5 Å². The first kappa shape index (κ1) is 11.0. The van der Waals surface area contributed by atoms with E-state index in [-0.39, 0.29) is 0 Å². The number of nitrogens with one attached hydrogen (secondary N) is 1. The largest absolute Gasteiger partial charge is 0.281 e. The van der Waals surface area contributed by atoms with Crippen LogP contribution in [0.1, 0.15) is 36.4 Å². The van der Waals surface area contributed by atoms with Crippen molar-refractivity contribution in [1.82, 2.24) is 15.2 Å². The zero-order valence-corrected chi connectivity index (χ0v) is 11.1. The molecule has 2 heterocycles. The topological polar surface area (TPSA) is 41.6 Å². The first-order valence-corrected chi connectivity index (χ1v) is 7.06. The minimum atomic E-state index is 0.681. The average Bonchev–Trinajstić information content (AvgIpc) is 2.71. The molecule has 0 atom stereocenters. The van der Waals surface area contributed by atoms with Gasteiger partial charge in [-0.2, -0.15) is 5.10 Å². The zero-order chi connectivity index (χ0) is 11.7. The van der Waals surface area contributed by atoms with Crippen molar-refractivity contribution in [3.8, 4) is 11.3 Å². The van der Waals surface area contributed by atoms with Gasteiger partial charge in [-0.3, -0.25) is 10.1 Å². The van der Waals surface area contributed by atoms with Gasteiger partial charge in [-0.15, -0.1) is 0 Å². The summed E-state index contributed by atoms with van der Waals surface area (Å²) in [5.41, 5.74) is 4.73. The van der Waals surface area contributed by atoms with E-state index in [0.29, 0.717) is 5.92 Å². The Morgan fingerprint density at radius 1 is 1.41 bits per heavy atom. The Hall–Kier alpha value is -1.16. The predicted molar refractivity (Wildman–Crippen MR) is 71.0 cm³/mol. The maximum absolute atomic E-state index is 4.47. The highest BCUT2D eigenvalue weighted by atomic mass is 79.9. The maximum atomic E-state index is 4.47. The lowest BCUT2D eigenvalue weighted by Crippen LogP contribution is -2.10. The summed E-state index contributed by atoms with van der Waals surface area (Å²) in [5.74, 6) is 0.681. The summed E-state index contributed by atoms with van der Waals surface area (Å²) in [6, 6.07) is 4.00. The van der Waals surface area contributed by atoms with Crippen molar-refractivity contribution in [3.05, 3.63) is 35.8 Å². The number of hydrogen-bond acceptors (Lipinski definition) is 2. The highest BCUT2D eigenvalue weighted by molar-refractivity contribution is 9.08. The number of aromatic amines is 1. The molecule has 1 fully saturated rings. The molecule has 0 spiro atoms. The normalized spacial score (nSPS) is 15.8. The quantitative estimate of drug-likeness (QED) is 0.878. The van der Waals surface area contributed by atoms with Crippen molar-refractivity contribution in [3.63, 3.8) is 0 Å². The highest BCUT2D eigenvalue weighted by Gasteiger charge is 2.25. The van der Waals surface area contributed by atoms with Crippen LogP contribution in [-0.2, 0) is 5.33 Å². The van der Waals surface area contributed by atoms with Crippen molar-refractivity contribution in [2.24, 2.45) is 0 Å². The van der Waals surface area contributed by atoms with Gasteiger partial charge < -0.3 is 0 Å². The smallest absolute Gasteiger partial charge is 0.0979 e. The van der Waals surface area contributed by atoms with Gasteiger partial charge in [-0.05, 0) is 25.0 Å². The summed E-state index contributed by atoms with van der Waals surface area (Å²) in [5, 5.41) is 8.53. The fraction of sp³-hybridized carbons (Fsp3) is 0.385. The van der Waals surface area contributed by atoms with Gasteiger partial charge in [0.1, 0.15) is 0 Å². The second kappa shape index (κ2) is 4.61. The molecule has 0 saturated heterocycles. The molecule has 0 radical (unpaired) electrons. The number of H-pyrrole nitrogens is 1. The lowest BCUT2D eigenvalue weighted by molar-refractivity contribution is 0.409. The summed E-state index contributed by atoms with van der Waals surface area (Å²) in [4.78, 5) is 4.16. The van der Waals surface area contributed by atoms with Crippen LogP contribution in [-0.4, -0.2) is 15.2 Å². The molecule has 0 unspecified atom stereocenters. The van der Waals surface area contributed by atoms with E-state index in [1.54, 1.807) is 6.20 Å². The molecule has 17 heavy (non-hydrogen) atoms. The van der Waals surface area contributed by atoms with Crippen LogP contribution in [0.15, 0.2) is 24.5 Å². The molecule has 0 bridgehead atoms. The lowest BCUT2D eigenvalue weighted by atomic mass is 9.81. The fourth-order valence-corrected chi connectivity index (χ4v) is 2.86. The summed E-state index contributed by atoms with van der Waals surface area (Å²) in [6.07, 6.45) is 7.57. The van der Waals surface area contributed by atoms with E-state index in [0.717, 1.165) is 16.6 Å². The summed E-state index contributed by atoms with van der Waals surface area (Å²) >= 11 is 3.58. The van der Waals surface area contributed by atoms with E-state index < -0.39 is 0 Å². The SMILES string of the molecule is BrCc1c(-c2cccnc2)n[nH]c1C1CCC1. The number of halogens is 1. The zero-order valence-electron chi connectivity index (χ0n) is 9.49. The van der Waals surface area contributed by atoms with E-state index in [1.807, 2.05) is 12.3 Å². The Bertz CT molecular complexity index is 503. The van der Waals surface area contributed by atoms with E-state index >= 15 is 0 Å². The van der Waals surface area contributed by atoms with Crippen LogP contribution in [0, 0.1) is 0 Å². The van der Waals surface area contributed by atoms with Crippen LogP contribution in [0.25, 0.3) is 11.3 Å². The molecule has 0 aromatic carbocycles. The van der Waals surface area contributed by atoms with Crippen LogP contribution in [0.5, 0.6) is 0 Å². The van der Waals surface area contributed by atoms with Gasteiger partial charge in [-0.25, -0.2) is 0 Å². The van der Waals surface area contributed by atoms with Gasteiger partial charge in [0.05, 0.1) is 5.69 Å². The molecule has 1 saturated carbocycles. The Morgan fingerprint density at radius 3 is 2.88 bits per heavy atom. The van der Waals surface area contributed by atoms with Crippen LogP contribution in [0.3, 0.4) is 0 Å². The van der Waals surface area contributed by atoms with Gasteiger partial charge in [0, 0.05) is 40.5 Å². The van der Waals surface area contributed by atoms with E-state index in [9.17, 15) is 0 Å². The third-order valence-electron chi connectivity index (χ3n) is 3.48. The Kier molecular flexibility index (Phi) is 2.97. The molecule has 2 aromatic rings. The molecule has 0 aliphatic heterocycles. The minimum Gasteiger partial charge on any atom is -0.281 e. The van der Waals surface area contributed by atoms with Gasteiger partial charge in [0.25, 0.3) is 0 Å². The van der Waals surface area contributed by atoms with E-state index in [2.05, 4.69) is 37.2 Å². The molecular formula is C13H14BrN3. The molecule has 1 aliphatic rings. The minimum absolute atomic E-state index is 0.681. The molecule has 3 nitrogen and oxygen atoms in total. The molecule has 4 heteroatoms. The molecule has 0 amide bonds. The van der Waals surface area contributed by atoms with Crippen LogP contribution in [0.2, 0.25) is 0 Å². The van der Waals surface area contributed by atoms with E-state index in [4.69, 9.17) is 0 Å². The van der Waals surface area contributed by atoms with Gasteiger partial charge in [-0.1, -0.05) is 22.4 Å². The molecule has 2 aromatic heterocycles. The monoisotopic (exact) mass is 291 g/mol. The predicted octanol–water partition coefficient (Wildman–Crippen LogP) is 3.63. The molecule has 1 aliphatic carbocycles. The fourth-order valence-electron chi connectivity index (χ4n) is 2.29. The van der Waals surface area contributed by atoms with Gasteiger partial charge in [0.2, 0.25) is 0 Å². The highest BCUT2D eigenvalue weighted by Crippen LogP contribution is 2.39. The Balaban J connectivity index is 2.02. The van der Waals surface area contributed by atoms with Gasteiger partial charge in [0.15, 0.2) is 0 Å². The van der Waals surface area contributed by atoms with Gasteiger partial charge >= 0.3 is 0 Å². The van der Waals surface area contributed by atoms with Crippen molar-refractivity contribution in [2.45, 2.75) is 30.5 Å². The number of nitrogens with zero attached hydrogens (tertiary/aromatic N) is 2. The number of aromatic nitrogens is 3. The van der Waals surface area contributed by atoms with Crippen molar-refractivity contribution in [2.75, 3.05) is 0 Å². The maximum Gasteiger partial charge on any atom is 0.0979 e. The summed E-state index contributed by atoms with van der Waals surface area (Å²) in [7, 11) is 0. The first-order chi connectivity index (χ1) is 8.40. The average molecular weight is 292 g/mol. The third-order valence-corrected chi connectivity index (χ3v) is 4.04. The van der Waals surface area contributed by atoms with Crippen LogP contribution in [0.4, 0.5) is 0 Å². The summed E-state index contributed by atoms with van der Waals surface area (Å²) < 4.78 is 0. The molecule has 3 rings (SSSR count). The lowest BCUT2D eigenvalue weighted by Gasteiger charge is -2.25. The number of rotatable bonds is 3. The molecular weight excluding hydrogens is 278 g/mol. The first-order valence-electron chi connectivity index (χ1n) is 5.93. The molecule has 88 valence electrons. The number of alkyl halides is 1. The standard InChI is InChI=1S/C13H14BrN3/c14-7-11-12(9-3-1-4-9)16-17-13(11)10-5-2-6-15-8-10/h2,5-6,8-9H,1,3-4,7H2,(H,16,17). The van der Waals surface area contributed by atoms with Crippen LogP contribution < -0.4 is 0 Å². The molecule has 1 N–H and O–H groups in total. The van der Waals surface area contributed by atoms with Crippen molar-refractivity contribution >= 4 is 15.9 Å². The Morgan fingerprint density at radius 2 is 2.29 bits per heavy atom. The van der Waals surface area contributed by atoms with Crippen LogP contribution >= 0.6 is 15.9 Å². The van der Waals surface area contributed by atoms with Crippen molar-refractivity contribution < 1.29 is 0 Å². The summed E-state index contributed by atoms with van der Waals surface area (Å²) in [6.45, 7) is 0. The number of pyridine rings is 1. The second-order valence-electron chi connectivity index (χ2n) is 4.47.